The van der Waals surface area contributed by atoms with Gasteiger partial charge in [0.2, 0.25) is 0 Å². The molecule has 10 aliphatic heterocycles. The topological polar surface area (TPSA) is 52.0 Å². The first-order valence-corrected chi connectivity index (χ1v) is 13.7. The van der Waals surface area contributed by atoms with Gasteiger partial charge in [-0.25, -0.2) is 0 Å². The molecule has 4 N–H and O–H groups in total. The molecule has 94 valence electrons. The summed E-state index contributed by atoms with van der Waals surface area (Å²) in [6, 6.07) is 1.10. The summed E-state index contributed by atoms with van der Waals surface area (Å²) in [5.41, 5.74) is 13.2. The molecule has 0 aromatic heterocycles. The van der Waals surface area contributed by atoms with E-state index in [2.05, 4.69) is 13.8 Å². The van der Waals surface area contributed by atoms with Crippen LogP contribution in [0.3, 0.4) is 0 Å². The Morgan fingerprint density at radius 2 is 1.06 bits per heavy atom. The summed E-state index contributed by atoms with van der Waals surface area (Å²) < 4.78 is 1.67. The molecule has 10 saturated heterocycles. The van der Waals surface area contributed by atoms with Crippen molar-refractivity contribution in [1.29, 1.82) is 0 Å². The normalized spacial score (nSPS) is 128. The summed E-state index contributed by atoms with van der Waals surface area (Å²) >= 11 is 0. The SMILES string of the molecule is CC(N)[C]12[CH]3[CH]4[CH]5[CH]1[Fe]45321678[CH]2[CH]1[CH]6[C]7(C(C)N)[CH]28. The van der Waals surface area contributed by atoms with Gasteiger partial charge in [-0.1, -0.05) is 0 Å². The molecule has 3 heteroatoms. The predicted molar refractivity (Wildman–Crippen MR) is 62.7 cm³/mol. The van der Waals surface area contributed by atoms with E-state index in [4.69, 9.17) is 11.5 Å². The van der Waals surface area contributed by atoms with Crippen LogP contribution in [0.25, 0.3) is 0 Å². The Morgan fingerprint density at radius 3 is 1.18 bits per heavy atom. The molecule has 0 aliphatic carbocycles. The van der Waals surface area contributed by atoms with Gasteiger partial charge in [0, 0.05) is 0 Å². The van der Waals surface area contributed by atoms with Crippen molar-refractivity contribution >= 4 is 0 Å². The first-order chi connectivity index (χ1) is 7.82. The van der Waals surface area contributed by atoms with Crippen LogP contribution < -0.4 is 11.5 Å². The van der Waals surface area contributed by atoms with Crippen molar-refractivity contribution in [2.24, 2.45) is 11.5 Å². The zero-order valence-corrected chi connectivity index (χ0v) is 11.4. The van der Waals surface area contributed by atoms with E-state index in [-0.39, 0.29) is 0 Å². The molecule has 10 aliphatic rings. The van der Waals surface area contributed by atoms with Gasteiger partial charge in [-0.3, -0.25) is 0 Å². The third-order valence-corrected chi connectivity index (χ3v) is 60.1. The molecular formula is C14H20FeN2. The molecule has 0 aromatic rings. The molecule has 0 radical (unpaired) electrons. The first kappa shape index (κ1) is 6.74. The molecule has 0 aromatic carbocycles. The van der Waals surface area contributed by atoms with Crippen molar-refractivity contribution in [3.05, 3.63) is 0 Å². The molecule has 1 spiro atoms. The monoisotopic (exact) mass is 272 g/mol. The minimum absolute atomic E-state index is 0.548. The van der Waals surface area contributed by atoms with Crippen molar-refractivity contribution in [3.8, 4) is 0 Å². The third kappa shape index (κ3) is 0.0603. The van der Waals surface area contributed by atoms with Crippen molar-refractivity contribution < 1.29 is 6.51 Å². The Bertz CT molecular complexity index is 914. The van der Waals surface area contributed by atoms with E-state index >= 15 is 0 Å². The van der Waals surface area contributed by atoms with Crippen LogP contribution in [0, 0.1) is 0 Å². The fourth-order valence-electron chi connectivity index (χ4n) is 19.5. The van der Waals surface area contributed by atoms with Gasteiger partial charge in [-0.15, -0.1) is 0 Å². The standard InChI is InChI=1S/2C7H10N.Fe/c2*1-6(8)7-4-2-3-5-7;/h2*2-6H,8H2,1H3;. The van der Waals surface area contributed by atoms with E-state index in [0.29, 0.717) is 12.1 Å². The molecule has 0 bridgehead atoms. The Morgan fingerprint density at radius 1 is 0.765 bits per heavy atom. The van der Waals surface area contributed by atoms with E-state index in [1.807, 2.05) is 0 Å². The van der Waals surface area contributed by atoms with Crippen LogP contribution in [0.4, 0.5) is 0 Å². The number of hydrogen-bond acceptors (Lipinski definition) is 2. The second kappa shape index (κ2) is 0.513. The molecule has 10 unspecified atom stereocenters. The predicted octanol–water partition coefficient (Wildman–Crippen LogP) is 2.81. The fraction of sp³-hybridized carbons (Fsp3) is 1.00. The Labute approximate surface area is 91.1 Å². The molecule has 2 nitrogen and oxygen atoms in total. The van der Waals surface area contributed by atoms with E-state index in [9.17, 15) is 0 Å². The summed E-state index contributed by atoms with van der Waals surface area (Å²) in [6.07, 6.45) is 0. The van der Waals surface area contributed by atoms with Crippen LogP contribution in [0.1, 0.15) is 13.8 Å². The summed E-state index contributed by atoms with van der Waals surface area (Å²) in [5, 5.41) is 0. The summed E-state index contributed by atoms with van der Waals surface area (Å²) in [4.78, 5) is 10.5. The molecule has 0 amide bonds. The van der Waals surface area contributed by atoms with Crippen molar-refractivity contribution in [2.45, 2.75) is 73.1 Å². The zero-order chi connectivity index (χ0) is 11.1. The van der Waals surface area contributed by atoms with Gasteiger partial charge in [0.15, 0.2) is 0 Å². The van der Waals surface area contributed by atoms with Crippen LogP contribution in [0.5, 0.6) is 0 Å². The molecule has 10 rings (SSSR count). The van der Waals surface area contributed by atoms with Crippen molar-refractivity contribution in [3.63, 3.8) is 0 Å². The summed E-state index contributed by atoms with van der Waals surface area (Å²) in [5.74, 6) is 0. The molecule has 10 heterocycles. The van der Waals surface area contributed by atoms with Gasteiger partial charge in [0.1, 0.15) is 0 Å². The van der Waals surface area contributed by atoms with Crippen LogP contribution in [-0.2, 0) is 6.51 Å². The molecule has 17 heavy (non-hydrogen) atoms. The molecular weight excluding hydrogens is 252 g/mol. The molecule has 0 saturated carbocycles. The summed E-state index contributed by atoms with van der Waals surface area (Å²) in [7, 11) is 0. The third-order valence-electron chi connectivity index (χ3n) is 16.4. The number of hydrogen-bond donors (Lipinski definition) is 2. The Balaban J connectivity index is 1.72. The first-order valence-electron chi connectivity index (χ1n) is 7.54. The average Bonchev–Trinajstić information content (AvgIpc) is 3.22. The van der Waals surface area contributed by atoms with Gasteiger partial charge >= 0.3 is 91.1 Å². The van der Waals surface area contributed by atoms with Gasteiger partial charge in [-0.2, -0.15) is 0 Å². The quantitative estimate of drug-likeness (QED) is 0.759. The average molecular weight is 272 g/mol. The number of fused-ring (bicyclic) bond motifs is 10. The van der Waals surface area contributed by atoms with Gasteiger partial charge in [0.25, 0.3) is 0 Å². The molecule has 10 atom stereocenters. The van der Waals surface area contributed by atoms with E-state index in [1.165, 1.54) is 38.5 Å². The van der Waals surface area contributed by atoms with Crippen LogP contribution >= 0.6 is 0 Å². The zero-order valence-electron chi connectivity index (χ0n) is 10.3. The maximum absolute atomic E-state index is 6.62. The molecule has 10 fully saturated rings. The second-order valence-corrected chi connectivity index (χ2v) is 34.8. The van der Waals surface area contributed by atoms with E-state index < -0.39 is 6.51 Å². The van der Waals surface area contributed by atoms with Crippen molar-refractivity contribution in [2.75, 3.05) is 0 Å². The van der Waals surface area contributed by atoms with E-state index in [0.717, 1.165) is 8.63 Å². The fourth-order valence-corrected chi connectivity index (χ4v) is 98.7. The van der Waals surface area contributed by atoms with E-state index in [1.54, 1.807) is 0 Å². The second-order valence-electron chi connectivity index (χ2n) is 11.5. The van der Waals surface area contributed by atoms with Crippen LogP contribution in [0.2, 0.25) is 47.2 Å². The maximum atomic E-state index is 6.62. The van der Waals surface area contributed by atoms with Crippen LogP contribution in [-0.4, -0.2) is 12.1 Å². The Hall–Kier alpha value is 0.439. The van der Waals surface area contributed by atoms with Crippen LogP contribution in [0.15, 0.2) is 0 Å². The van der Waals surface area contributed by atoms with Gasteiger partial charge in [0.05, 0.1) is 0 Å². The number of rotatable bonds is 2. The number of nitrogens with two attached hydrogens (primary N) is 2. The summed E-state index contributed by atoms with van der Waals surface area (Å²) in [6.45, 7) is 1.62. The Kier molecular flexibility index (Phi) is 0.203. The van der Waals surface area contributed by atoms with Gasteiger partial charge in [-0.05, 0) is 0 Å². The van der Waals surface area contributed by atoms with Gasteiger partial charge < -0.3 is 0 Å². The minimum atomic E-state index is -3.15. The van der Waals surface area contributed by atoms with Crippen molar-refractivity contribution in [1.82, 2.24) is 0 Å².